The summed E-state index contributed by atoms with van der Waals surface area (Å²) in [5.74, 6) is -1.18. The lowest BCUT2D eigenvalue weighted by Gasteiger charge is -1.96. The second kappa shape index (κ2) is 5.85. The lowest BCUT2D eigenvalue weighted by Crippen LogP contribution is -2.33. The molecule has 0 aliphatic carbocycles. The quantitative estimate of drug-likeness (QED) is 0.314. The molecule has 0 aliphatic heterocycles. The highest BCUT2D eigenvalue weighted by Crippen LogP contribution is 1.71. The molecule has 6 N–H and O–H groups in total. The Morgan fingerprint density at radius 2 is 1.67 bits per heavy atom. The van der Waals surface area contributed by atoms with Crippen LogP contribution in [0.2, 0.25) is 0 Å². The van der Waals surface area contributed by atoms with Crippen LogP contribution in [0.3, 0.4) is 0 Å². The van der Waals surface area contributed by atoms with E-state index in [-0.39, 0.29) is 0 Å². The maximum atomic E-state index is 9.65. The van der Waals surface area contributed by atoms with E-state index in [4.69, 9.17) is 33.5 Å². The largest absolute Gasteiger partial charge is 0.480 e. The van der Waals surface area contributed by atoms with E-state index in [1.807, 2.05) is 0 Å². The van der Waals surface area contributed by atoms with Crippen LogP contribution in [0, 0.1) is 0 Å². The van der Waals surface area contributed by atoms with Gasteiger partial charge in [-0.3, -0.25) is 13.9 Å². The molecule has 1 atom stereocenters. The lowest BCUT2D eigenvalue weighted by atomic mass is 10.3. The van der Waals surface area contributed by atoms with E-state index in [0.29, 0.717) is 0 Å². The van der Waals surface area contributed by atoms with E-state index >= 15 is 0 Å². The second-order valence-electron chi connectivity index (χ2n) is 1.58. The third-order valence-electron chi connectivity index (χ3n) is 0.514. The van der Waals surface area contributed by atoms with Gasteiger partial charge in [-0.2, -0.15) is 8.42 Å². The highest BCUT2D eigenvalue weighted by molar-refractivity contribution is 7.79. The van der Waals surface area contributed by atoms with Crippen LogP contribution in [0.4, 0.5) is 0 Å². The first kappa shape index (κ1) is 13.8. The first-order valence-corrected chi connectivity index (χ1v) is 3.87. The average molecular weight is 203 g/mol. The van der Waals surface area contributed by atoms with Crippen LogP contribution in [0.15, 0.2) is 0 Å². The Bertz CT molecular complexity index is 213. The zero-order valence-corrected chi connectivity index (χ0v) is 6.60. The SMILES string of the molecule is N[C@@H](CO)C(=O)O.O=S(=O)(O)O. The number of carboxylic acids is 1. The molecule has 0 aromatic rings. The lowest BCUT2D eigenvalue weighted by molar-refractivity contribution is -0.139. The Balaban J connectivity index is 0. The van der Waals surface area contributed by atoms with Crippen molar-refractivity contribution in [2.24, 2.45) is 5.73 Å². The van der Waals surface area contributed by atoms with Crippen LogP contribution in [0.5, 0.6) is 0 Å². The minimum Gasteiger partial charge on any atom is -0.480 e. The van der Waals surface area contributed by atoms with Gasteiger partial charge in [0, 0.05) is 0 Å². The highest BCUT2D eigenvalue weighted by Gasteiger charge is 2.06. The summed E-state index contributed by atoms with van der Waals surface area (Å²) in [5.41, 5.74) is 4.77. The molecular formula is C3H9NO7S. The van der Waals surface area contributed by atoms with Gasteiger partial charge in [0.1, 0.15) is 6.04 Å². The van der Waals surface area contributed by atoms with Gasteiger partial charge in [0.05, 0.1) is 6.61 Å². The van der Waals surface area contributed by atoms with Crippen molar-refractivity contribution in [2.75, 3.05) is 6.61 Å². The summed E-state index contributed by atoms with van der Waals surface area (Å²) in [6.07, 6.45) is 0. The fourth-order valence-electron chi connectivity index (χ4n) is 0.0781. The Morgan fingerprint density at radius 3 is 1.67 bits per heavy atom. The fraction of sp³-hybridized carbons (Fsp3) is 0.667. The third-order valence-corrected chi connectivity index (χ3v) is 0.514. The Kier molecular flexibility index (Phi) is 6.74. The zero-order chi connectivity index (χ0) is 10.4. The Hall–Kier alpha value is -0.740. The van der Waals surface area contributed by atoms with E-state index in [1.54, 1.807) is 0 Å². The van der Waals surface area contributed by atoms with Crippen LogP contribution in [0.25, 0.3) is 0 Å². The summed E-state index contributed by atoms with van der Waals surface area (Å²) in [6, 6.07) is -1.13. The van der Waals surface area contributed by atoms with E-state index in [1.165, 1.54) is 0 Å². The van der Waals surface area contributed by atoms with Gasteiger partial charge in [-0.15, -0.1) is 0 Å². The van der Waals surface area contributed by atoms with Crippen LogP contribution in [-0.2, 0) is 15.2 Å². The summed E-state index contributed by atoms with van der Waals surface area (Å²) in [5, 5.41) is 15.9. The van der Waals surface area contributed by atoms with Crippen LogP contribution >= 0.6 is 0 Å². The van der Waals surface area contributed by atoms with Gasteiger partial charge in [0.2, 0.25) is 0 Å². The van der Waals surface area contributed by atoms with Crippen molar-refractivity contribution >= 4 is 16.4 Å². The Morgan fingerprint density at radius 1 is 1.42 bits per heavy atom. The van der Waals surface area contributed by atoms with E-state index in [0.717, 1.165) is 0 Å². The molecule has 0 fully saturated rings. The maximum absolute atomic E-state index is 9.65. The fourth-order valence-corrected chi connectivity index (χ4v) is 0.0781. The highest BCUT2D eigenvalue weighted by atomic mass is 32.3. The average Bonchev–Trinajstić information content (AvgIpc) is 1.82. The van der Waals surface area contributed by atoms with Crippen molar-refractivity contribution in [3.05, 3.63) is 0 Å². The number of hydrogen-bond donors (Lipinski definition) is 5. The van der Waals surface area contributed by atoms with E-state index in [9.17, 15) is 4.79 Å². The van der Waals surface area contributed by atoms with Crippen molar-refractivity contribution in [3.63, 3.8) is 0 Å². The van der Waals surface area contributed by atoms with Gasteiger partial charge in [-0.1, -0.05) is 0 Å². The van der Waals surface area contributed by atoms with Crippen LogP contribution in [-0.4, -0.2) is 46.4 Å². The molecule has 8 nitrogen and oxygen atoms in total. The molecule has 0 unspecified atom stereocenters. The van der Waals surface area contributed by atoms with Gasteiger partial charge < -0.3 is 15.9 Å². The molecule has 0 spiro atoms. The number of aliphatic carboxylic acids is 1. The summed E-state index contributed by atoms with van der Waals surface area (Å²) < 4.78 is 31.6. The molecule has 0 heterocycles. The zero-order valence-electron chi connectivity index (χ0n) is 5.78. The van der Waals surface area contributed by atoms with Crippen molar-refractivity contribution in [1.82, 2.24) is 0 Å². The van der Waals surface area contributed by atoms with Gasteiger partial charge in [0.25, 0.3) is 0 Å². The van der Waals surface area contributed by atoms with Crippen molar-refractivity contribution in [1.29, 1.82) is 0 Å². The van der Waals surface area contributed by atoms with Crippen molar-refractivity contribution in [3.8, 4) is 0 Å². The summed E-state index contributed by atoms with van der Waals surface area (Å²) in [4.78, 5) is 9.65. The molecule has 0 aromatic heterocycles. The molecule has 0 saturated carbocycles. The number of aliphatic hydroxyl groups is 1. The molecule has 0 amide bonds. The number of hydrogen-bond acceptors (Lipinski definition) is 5. The van der Waals surface area contributed by atoms with Crippen molar-refractivity contribution in [2.45, 2.75) is 6.04 Å². The number of nitrogens with two attached hydrogens (primary N) is 1. The molecular weight excluding hydrogens is 194 g/mol. The minimum atomic E-state index is -4.67. The smallest absolute Gasteiger partial charge is 0.394 e. The predicted molar refractivity (Wildman–Crippen MR) is 36.9 cm³/mol. The molecule has 0 aromatic carbocycles. The molecule has 0 bridgehead atoms. The first-order chi connectivity index (χ1) is 5.18. The van der Waals surface area contributed by atoms with Gasteiger partial charge >= 0.3 is 16.4 Å². The third kappa shape index (κ3) is 22.8. The number of rotatable bonds is 2. The molecule has 0 rings (SSSR count). The molecule has 12 heavy (non-hydrogen) atoms. The maximum Gasteiger partial charge on any atom is 0.394 e. The van der Waals surface area contributed by atoms with Gasteiger partial charge in [-0.05, 0) is 0 Å². The number of carbonyl (C=O) groups is 1. The minimum absolute atomic E-state index is 0.505. The normalized spacial score (nSPS) is 12.7. The number of carboxylic acid groups (broad SMARTS) is 1. The van der Waals surface area contributed by atoms with E-state index in [2.05, 4.69) is 0 Å². The van der Waals surface area contributed by atoms with Crippen LogP contribution < -0.4 is 5.73 Å². The summed E-state index contributed by atoms with van der Waals surface area (Å²) in [7, 11) is -4.67. The monoisotopic (exact) mass is 203 g/mol. The first-order valence-electron chi connectivity index (χ1n) is 2.47. The van der Waals surface area contributed by atoms with Gasteiger partial charge in [0.15, 0.2) is 0 Å². The Labute approximate surface area is 68.2 Å². The summed E-state index contributed by atoms with van der Waals surface area (Å²) >= 11 is 0. The van der Waals surface area contributed by atoms with E-state index < -0.39 is 29.0 Å². The number of aliphatic hydroxyl groups excluding tert-OH is 1. The molecule has 9 heteroatoms. The molecule has 0 radical (unpaired) electrons. The topological polar surface area (TPSA) is 158 Å². The second-order valence-corrected chi connectivity index (χ2v) is 2.47. The van der Waals surface area contributed by atoms with Crippen molar-refractivity contribution < 1.29 is 32.5 Å². The summed E-state index contributed by atoms with van der Waals surface area (Å²) in [6.45, 7) is -0.505. The van der Waals surface area contributed by atoms with Gasteiger partial charge in [-0.25, -0.2) is 0 Å². The molecule has 0 saturated heterocycles. The predicted octanol–water partition coefficient (Wildman–Crippen LogP) is -2.26. The molecule has 74 valence electrons. The standard InChI is InChI=1S/C3H7NO3.H2O4S/c4-2(1-5)3(6)7;1-5(2,3)4/h2,5H,1,4H2,(H,6,7);(H2,1,2,3,4)/t2-;/m0./s1. The van der Waals surface area contributed by atoms with Crippen LogP contribution in [0.1, 0.15) is 0 Å². The molecule has 0 aliphatic rings.